The van der Waals surface area contributed by atoms with Gasteiger partial charge in [-0.2, -0.15) is 0 Å². The van der Waals surface area contributed by atoms with Crippen molar-refractivity contribution in [3.05, 3.63) is 11.5 Å². The first kappa shape index (κ1) is 14.4. The molecule has 17 heavy (non-hydrogen) atoms. The third kappa shape index (κ3) is 3.67. The maximum atomic E-state index is 11.9. The molecule has 1 aromatic rings. The van der Waals surface area contributed by atoms with Gasteiger partial charge in [-0.15, -0.1) is 0 Å². The van der Waals surface area contributed by atoms with Crippen LogP contribution >= 0.6 is 11.6 Å². The Kier molecular flexibility index (Phi) is 4.93. The van der Waals surface area contributed by atoms with Gasteiger partial charge in [-0.3, -0.25) is 0 Å². The highest BCUT2D eigenvalue weighted by molar-refractivity contribution is 7.89. The molecule has 0 saturated heterocycles. The second kappa shape index (κ2) is 5.81. The average molecular weight is 282 g/mol. The Hall–Kier alpha value is -0.630. The number of hydrogen-bond acceptors (Lipinski definition) is 4. The number of rotatable bonds is 6. The Balaban J connectivity index is 2.79. The smallest absolute Gasteiger partial charge is 0.261 e. The summed E-state index contributed by atoms with van der Waals surface area (Å²) in [6, 6.07) is -0.273. The predicted octanol–water partition coefficient (Wildman–Crippen LogP) is 0.513. The van der Waals surface area contributed by atoms with E-state index in [9.17, 15) is 8.42 Å². The Morgan fingerprint density at radius 2 is 2.29 bits per heavy atom. The molecular formula is C9H16ClN3O3S. The monoisotopic (exact) mass is 281 g/mol. The van der Waals surface area contributed by atoms with E-state index in [1.807, 2.05) is 0 Å². The molecule has 0 fully saturated rings. The number of sulfonamides is 1. The van der Waals surface area contributed by atoms with Crippen LogP contribution in [-0.2, 0) is 17.1 Å². The highest BCUT2D eigenvalue weighted by Crippen LogP contribution is 2.18. The van der Waals surface area contributed by atoms with E-state index in [1.54, 1.807) is 14.0 Å². The van der Waals surface area contributed by atoms with E-state index in [1.165, 1.54) is 10.9 Å². The summed E-state index contributed by atoms with van der Waals surface area (Å²) in [5.41, 5.74) is 0. The summed E-state index contributed by atoms with van der Waals surface area (Å²) < 4.78 is 27.7. The van der Waals surface area contributed by atoms with Gasteiger partial charge in [-0.1, -0.05) is 11.6 Å². The van der Waals surface area contributed by atoms with Gasteiger partial charge in [-0.25, -0.2) is 18.1 Å². The topological polar surface area (TPSA) is 84.2 Å². The SMILES string of the molecule is CC(CCCO)NS(=O)(=O)c1ncn(C)c1Cl. The molecule has 98 valence electrons. The van der Waals surface area contributed by atoms with Crippen molar-refractivity contribution in [1.29, 1.82) is 0 Å². The fraction of sp³-hybridized carbons (Fsp3) is 0.667. The molecule has 1 rings (SSSR count). The Morgan fingerprint density at radius 3 is 2.76 bits per heavy atom. The number of hydrogen-bond donors (Lipinski definition) is 2. The van der Waals surface area contributed by atoms with Crippen LogP contribution in [0.1, 0.15) is 19.8 Å². The van der Waals surface area contributed by atoms with Crippen molar-refractivity contribution in [3.63, 3.8) is 0 Å². The number of aromatic nitrogens is 2. The normalized spacial score (nSPS) is 13.9. The first-order chi connectivity index (χ1) is 7.88. The summed E-state index contributed by atoms with van der Waals surface area (Å²) in [7, 11) is -2.08. The molecule has 0 aliphatic heterocycles. The molecular weight excluding hydrogens is 266 g/mol. The number of halogens is 1. The summed E-state index contributed by atoms with van der Waals surface area (Å²) in [5, 5.41) is 8.57. The minimum Gasteiger partial charge on any atom is -0.396 e. The lowest BCUT2D eigenvalue weighted by molar-refractivity contribution is 0.279. The highest BCUT2D eigenvalue weighted by atomic mass is 35.5. The van der Waals surface area contributed by atoms with E-state index in [0.717, 1.165) is 0 Å². The van der Waals surface area contributed by atoms with Crippen molar-refractivity contribution < 1.29 is 13.5 Å². The molecule has 1 aromatic heterocycles. The van der Waals surface area contributed by atoms with E-state index in [2.05, 4.69) is 9.71 Å². The molecule has 2 N–H and O–H groups in total. The van der Waals surface area contributed by atoms with Crippen molar-refractivity contribution in [2.45, 2.75) is 30.8 Å². The molecule has 0 amide bonds. The molecule has 1 unspecified atom stereocenters. The van der Waals surface area contributed by atoms with Gasteiger partial charge in [0.15, 0.2) is 0 Å². The molecule has 0 aliphatic carbocycles. The molecule has 8 heteroatoms. The second-order valence-electron chi connectivity index (χ2n) is 3.84. The van der Waals surface area contributed by atoms with E-state index < -0.39 is 10.0 Å². The van der Waals surface area contributed by atoms with Crippen molar-refractivity contribution in [1.82, 2.24) is 14.3 Å². The number of aliphatic hydroxyl groups excluding tert-OH is 1. The minimum absolute atomic E-state index is 0.0381. The van der Waals surface area contributed by atoms with Gasteiger partial charge in [0, 0.05) is 19.7 Å². The van der Waals surface area contributed by atoms with Crippen LogP contribution in [0.3, 0.4) is 0 Å². The molecule has 6 nitrogen and oxygen atoms in total. The van der Waals surface area contributed by atoms with E-state index in [0.29, 0.717) is 12.8 Å². The van der Waals surface area contributed by atoms with Crippen LogP contribution < -0.4 is 4.72 Å². The Morgan fingerprint density at radius 1 is 1.65 bits per heavy atom. The summed E-state index contributed by atoms with van der Waals surface area (Å²) in [6.45, 7) is 1.76. The van der Waals surface area contributed by atoms with Crippen molar-refractivity contribution >= 4 is 21.6 Å². The van der Waals surface area contributed by atoms with Crippen LogP contribution in [0.4, 0.5) is 0 Å². The van der Waals surface area contributed by atoms with Gasteiger partial charge < -0.3 is 9.67 Å². The fourth-order valence-electron chi connectivity index (χ4n) is 1.35. The first-order valence-electron chi connectivity index (χ1n) is 5.18. The summed E-state index contributed by atoms with van der Waals surface area (Å²) >= 11 is 5.82. The molecule has 0 spiro atoms. The van der Waals surface area contributed by atoms with Crippen LogP contribution in [0.2, 0.25) is 5.15 Å². The summed E-state index contributed by atoms with van der Waals surface area (Å²) in [6.07, 6.45) is 2.44. The number of aryl methyl sites for hydroxylation is 1. The number of imidazole rings is 1. The zero-order valence-corrected chi connectivity index (χ0v) is 11.3. The maximum Gasteiger partial charge on any atom is 0.261 e. The van der Waals surface area contributed by atoms with Gasteiger partial charge in [-0.05, 0) is 19.8 Å². The van der Waals surface area contributed by atoms with Gasteiger partial charge in [0.25, 0.3) is 10.0 Å². The predicted molar refractivity (Wildman–Crippen MR) is 64.3 cm³/mol. The Bertz CT molecular complexity index is 472. The lowest BCUT2D eigenvalue weighted by Crippen LogP contribution is -2.33. The largest absolute Gasteiger partial charge is 0.396 e. The minimum atomic E-state index is -3.70. The summed E-state index contributed by atoms with van der Waals surface area (Å²) in [5.74, 6) is 0. The van der Waals surface area contributed by atoms with Crippen molar-refractivity contribution in [3.8, 4) is 0 Å². The molecule has 0 aromatic carbocycles. The quantitative estimate of drug-likeness (QED) is 0.796. The maximum absolute atomic E-state index is 11.9. The standard InChI is InChI=1S/C9H16ClN3O3S/c1-7(4-3-5-14)12-17(15,16)9-8(10)13(2)6-11-9/h6-7,12,14H,3-5H2,1-2H3. The van der Waals surface area contributed by atoms with Crippen LogP contribution in [0.25, 0.3) is 0 Å². The molecule has 0 radical (unpaired) electrons. The first-order valence-corrected chi connectivity index (χ1v) is 7.04. The number of nitrogens with zero attached hydrogens (tertiary/aromatic N) is 2. The lowest BCUT2D eigenvalue weighted by atomic mass is 10.2. The van der Waals surface area contributed by atoms with Gasteiger partial charge in [0.1, 0.15) is 5.15 Å². The van der Waals surface area contributed by atoms with E-state index >= 15 is 0 Å². The lowest BCUT2D eigenvalue weighted by Gasteiger charge is -2.12. The zero-order valence-electron chi connectivity index (χ0n) is 9.72. The second-order valence-corrected chi connectivity index (χ2v) is 5.83. The highest BCUT2D eigenvalue weighted by Gasteiger charge is 2.23. The molecule has 1 heterocycles. The van der Waals surface area contributed by atoms with Crippen LogP contribution in [0.5, 0.6) is 0 Å². The van der Waals surface area contributed by atoms with Crippen molar-refractivity contribution in [2.75, 3.05) is 6.61 Å². The zero-order chi connectivity index (χ0) is 13.1. The van der Waals surface area contributed by atoms with Crippen molar-refractivity contribution in [2.24, 2.45) is 7.05 Å². The number of nitrogens with one attached hydrogen (secondary N) is 1. The summed E-state index contributed by atoms with van der Waals surface area (Å²) in [4.78, 5) is 3.75. The van der Waals surface area contributed by atoms with Crippen LogP contribution in [0.15, 0.2) is 11.4 Å². The van der Waals surface area contributed by atoms with Crippen LogP contribution in [0, 0.1) is 0 Å². The Labute approximate surface area is 106 Å². The van der Waals surface area contributed by atoms with E-state index in [-0.39, 0.29) is 22.8 Å². The van der Waals surface area contributed by atoms with Crippen LogP contribution in [-0.4, -0.2) is 35.7 Å². The van der Waals surface area contributed by atoms with Gasteiger partial charge >= 0.3 is 0 Å². The molecule has 0 bridgehead atoms. The molecule has 0 aliphatic rings. The number of aliphatic hydroxyl groups is 1. The fourth-order valence-corrected chi connectivity index (χ4v) is 3.06. The average Bonchev–Trinajstić information content (AvgIpc) is 2.56. The van der Waals surface area contributed by atoms with E-state index in [4.69, 9.17) is 16.7 Å². The van der Waals surface area contributed by atoms with Gasteiger partial charge in [0.2, 0.25) is 5.03 Å². The van der Waals surface area contributed by atoms with Gasteiger partial charge in [0.05, 0.1) is 6.33 Å². The third-order valence-corrected chi connectivity index (χ3v) is 4.32. The third-order valence-electron chi connectivity index (χ3n) is 2.24. The molecule has 0 saturated carbocycles. The molecule has 1 atom stereocenters.